The van der Waals surface area contributed by atoms with Crippen LogP contribution < -0.4 is 18.9 Å². The highest BCUT2D eigenvalue weighted by atomic mass is 35.5. The van der Waals surface area contributed by atoms with Crippen LogP contribution in [0.5, 0.6) is 23.0 Å². The summed E-state index contributed by atoms with van der Waals surface area (Å²) in [4.78, 5) is 0. The number of rotatable bonds is 6. The zero-order valence-electron chi connectivity index (χ0n) is 18.7. The minimum absolute atomic E-state index is 0.00659. The summed E-state index contributed by atoms with van der Waals surface area (Å²) in [6.45, 7) is 2.60. The fourth-order valence-electron chi connectivity index (χ4n) is 4.36. The van der Waals surface area contributed by atoms with Gasteiger partial charge in [-0.15, -0.1) is 0 Å². The van der Waals surface area contributed by atoms with E-state index in [1.54, 1.807) is 14.2 Å². The largest absolute Gasteiger partial charge is 0.494 e. The Kier molecular flexibility index (Phi) is 5.77. The van der Waals surface area contributed by atoms with E-state index in [0.717, 1.165) is 40.3 Å². The highest BCUT2D eigenvalue weighted by Crippen LogP contribution is 2.48. The van der Waals surface area contributed by atoms with Crippen LogP contribution in [-0.2, 0) is 0 Å². The summed E-state index contributed by atoms with van der Waals surface area (Å²) in [5.41, 5.74) is 3.97. The number of fused-ring (bicyclic) bond motifs is 3. The maximum absolute atomic E-state index is 6.43. The average molecular weight is 465 g/mol. The molecule has 2 aliphatic rings. The Morgan fingerprint density at radius 3 is 2.52 bits per heavy atom. The first-order chi connectivity index (χ1) is 16.1. The minimum Gasteiger partial charge on any atom is -0.494 e. The number of halogens is 1. The average Bonchev–Trinajstić information content (AvgIpc) is 3.30. The van der Waals surface area contributed by atoms with Crippen molar-refractivity contribution in [1.82, 2.24) is 5.01 Å². The lowest BCUT2D eigenvalue weighted by molar-refractivity contribution is -0.0190. The first-order valence-electron chi connectivity index (χ1n) is 10.9. The molecule has 2 unspecified atom stereocenters. The van der Waals surface area contributed by atoms with Gasteiger partial charge in [0.15, 0.2) is 11.5 Å². The summed E-state index contributed by atoms with van der Waals surface area (Å²) < 4.78 is 22.9. The topological polar surface area (TPSA) is 52.5 Å². The molecule has 0 aromatic heterocycles. The second-order valence-electron chi connectivity index (χ2n) is 7.87. The number of hydrogen-bond acceptors (Lipinski definition) is 6. The summed E-state index contributed by atoms with van der Waals surface area (Å²) in [5.74, 6) is 3.01. The SMILES string of the molecule is CCOc1ccc(C2Oc3ccc(Cl)cc3C3CC(c4ccc(OC)c(OC)c4)=NN32)cc1. The van der Waals surface area contributed by atoms with Crippen molar-refractivity contribution >= 4 is 17.3 Å². The lowest BCUT2D eigenvalue weighted by Crippen LogP contribution is -2.33. The number of hydrogen-bond donors (Lipinski definition) is 0. The van der Waals surface area contributed by atoms with Gasteiger partial charge >= 0.3 is 0 Å². The number of methoxy groups -OCH3 is 2. The lowest BCUT2D eigenvalue weighted by atomic mass is 9.95. The van der Waals surface area contributed by atoms with Crippen LogP contribution in [0, 0.1) is 0 Å². The van der Waals surface area contributed by atoms with E-state index < -0.39 is 0 Å². The van der Waals surface area contributed by atoms with Gasteiger partial charge in [-0.05, 0) is 67.6 Å². The first-order valence-corrected chi connectivity index (χ1v) is 11.3. The van der Waals surface area contributed by atoms with E-state index in [2.05, 4.69) is 0 Å². The Morgan fingerprint density at radius 2 is 1.79 bits per heavy atom. The van der Waals surface area contributed by atoms with E-state index in [0.29, 0.717) is 23.1 Å². The van der Waals surface area contributed by atoms with Gasteiger partial charge < -0.3 is 18.9 Å². The van der Waals surface area contributed by atoms with Crippen LogP contribution in [-0.4, -0.2) is 31.5 Å². The Hall–Kier alpha value is -3.38. The molecule has 0 bridgehead atoms. The van der Waals surface area contributed by atoms with E-state index in [9.17, 15) is 0 Å². The van der Waals surface area contributed by atoms with Crippen molar-refractivity contribution in [3.05, 3.63) is 82.4 Å². The van der Waals surface area contributed by atoms with Crippen LogP contribution >= 0.6 is 11.6 Å². The molecular weight excluding hydrogens is 440 g/mol. The first kappa shape index (κ1) is 21.5. The summed E-state index contributed by atoms with van der Waals surface area (Å²) in [5, 5.41) is 7.72. The second kappa shape index (κ2) is 8.87. The summed E-state index contributed by atoms with van der Waals surface area (Å²) in [6.07, 6.45) is 0.358. The van der Waals surface area contributed by atoms with Gasteiger partial charge in [-0.3, -0.25) is 0 Å². The number of benzene rings is 3. The molecule has 6 nitrogen and oxygen atoms in total. The molecule has 5 rings (SSSR count). The Bertz CT molecular complexity index is 1200. The smallest absolute Gasteiger partial charge is 0.213 e. The van der Waals surface area contributed by atoms with Crippen molar-refractivity contribution in [3.8, 4) is 23.0 Å². The van der Waals surface area contributed by atoms with E-state index in [1.807, 2.05) is 72.6 Å². The van der Waals surface area contributed by atoms with Gasteiger partial charge in [0.05, 0.1) is 32.6 Å². The summed E-state index contributed by atoms with van der Waals surface area (Å²) >= 11 is 6.34. The van der Waals surface area contributed by atoms with E-state index in [-0.39, 0.29) is 12.3 Å². The molecule has 7 heteroatoms. The van der Waals surface area contributed by atoms with Gasteiger partial charge in [-0.25, -0.2) is 5.01 Å². The third-order valence-corrected chi connectivity index (χ3v) is 6.18. The van der Waals surface area contributed by atoms with Gasteiger partial charge in [0.1, 0.15) is 11.5 Å². The van der Waals surface area contributed by atoms with Crippen LogP contribution in [0.15, 0.2) is 65.8 Å². The molecule has 0 fully saturated rings. The van der Waals surface area contributed by atoms with Crippen molar-refractivity contribution < 1.29 is 18.9 Å². The molecule has 0 aliphatic carbocycles. The molecule has 2 atom stereocenters. The van der Waals surface area contributed by atoms with Gasteiger partial charge in [0.2, 0.25) is 6.23 Å². The van der Waals surface area contributed by atoms with Crippen LogP contribution in [0.1, 0.15) is 42.3 Å². The molecule has 3 aromatic carbocycles. The monoisotopic (exact) mass is 464 g/mol. The predicted molar refractivity (Wildman–Crippen MR) is 128 cm³/mol. The molecule has 3 aromatic rings. The van der Waals surface area contributed by atoms with Crippen molar-refractivity contribution in [2.45, 2.75) is 25.6 Å². The third kappa shape index (κ3) is 3.95. The Labute approximate surface area is 198 Å². The van der Waals surface area contributed by atoms with E-state index in [1.165, 1.54) is 0 Å². The molecule has 0 spiro atoms. The maximum Gasteiger partial charge on any atom is 0.213 e. The van der Waals surface area contributed by atoms with E-state index >= 15 is 0 Å². The maximum atomic E-state index is 6.43. The predicted octanol–water partition coefficient (Wildman–Crippen LogP) is 6.00. The number of nitrogens with zero attached hydrogens (tertiary/aromatic N) is 2. The van der Waals surface area contributed by atoms with Gasteiger partial charge in [0, 0.05) is 28.1 Å². The summed E-state index contributed by atoms with van der Waals surface area (Å²) in [7, 11) is 3.26. The Balaban J connectivity index is 1.55. The molecule has 0 saturated carbocycles. The zero-order valence-corrected chi connectivity index (χ0v) is 19.5. The normalized spacial score (nSPS) is 18.7. The standard InChI is InChI=1S/C26H25ClN2O4/c1-4-32-19-9-5-16(6-10-19)26-29-22(20-14-18(27)8-12-23(20)33-26)15-21(28-29)17-7-11-24(30-2)25(13-17)31-3/h5-14,22,26H,4,15H2,1-3H3. The second-order valence-corrected chi connectivity index (χ2v) is 8.31. The molecule has 0 amide bonds. The van der Waals surface area contributed by atoms with Crippen LogP contribution in [0.25, 0.3) is 0 Å². The lowest BCUT2D eigenvalue weighted by Gasteiger charge is -2.38. The molecule has 0 radical (unpaired) electrons. The Morgan fingerprint density at radius 1 is 1.00 bits per heavy atom. The van der Waals surface area contributed by atoms with Crippen molar-refractivity contribution in [2.24, 2.45) is 5.10 Å². The quantitative estimate of drug-likeness (QED) is 0.448. The molecule has 0 saturated heterocycles. The van der Waals surface area contributed by atoms with Crippen LogP contribution in [0.3, 0.4) is 0 Å². The zero-order chi connectivity index (χ0) is 22.9. The highest BCUT2D eigenvalue weighted by molar-refractivity contribution is 6.30. The van der Waals surface area contributed by atoms with Crippen molar-refractivity contribution in [1.29, 1.82) is 0 Å². The van der Waals surface area contributed by atoms with Gasteiger partial charge in [0.25, 0.3) is 0 Å². The molecule has 170 valence electrons. The third-order valence-electron chi connectivity index (χ3n) is 5.94. The molecule has 2 aliphatic heterocycles. The fraction of sp³-hybridized carbons (Fsp3) is 0.269. The fourth-order valence-corrected chi connectivity index (χ4v) is 4.54. The highest BCUT2D eigenvalue weighted by Gasteiger charge is 2.41. The minimum atomic E-state index is -0.364. The molecular formula is C26H25ClN2O4. The van der Waals surface area contributed by atoms with Gasteiger partial charge in [-0.2, -0.15) is 5.10 Å². The van der Waals surface area contributed by atoms with Crippen molar-refractivity contribution in [2.75, 3.05) is 20.8 Å². The van der Waals surface area contributed by atoms with Crippen LogP contribution in [0.2, 0.25) is 5.02 Å². The van der Waals surface area contributed by atoms with Crippen LogP contribution in [0.4, 0.5) is 0 Å². The molecule has 2 heterocycles. The van der Waals surface area contributed by atoms with Crippen molar-refractivity contribution in [3.63, 3.8) is 0 Å². The molecule has 33 heavy (non-hydrogen) atoms. The number of hydrazone groups is 1. The number of ether oxygens (including phenoxy) is 4. The van der Waals surface area contributed by atoms with E-state index in [4.69, 9.17) is 35.6 Å². The molecule has 0 N–H and O–H groups in total. The van der Waals surface area contributed by atoms with Gasteiger partial charge in [-0.1, -0.05) is 11.6 Å². The summed E-state index contributed by atoms with van der Waals surface area (Å²) in [6, 6.07) is 19.6.